The number of halogens is 2. The molecular formula is C12H13F2N3O. The molecule has 4 nitrogen and oxygen atoms in total. The Balaban J connectivity index is 2.30. The molecule has 0 saturated heterocycles. The van der Waals surface area contributed by atoms with Gasteiger partial charge in [-0.05, 0) is 17.7 Å². The van der Waals surface area contributed by atoms with E-state index in [1.54, 1.807) is 31.5 Å². The Bertz CT molecular complexity index is 540. The molecule has 6 heteroatoms. The van der Waals surface area contributed by atoms with Crippen LogP contribution in [0.25, 0.3) is 11.1 Å². The summed E-state index contributed by atoms with van der Waals surface area (Å²) in [6.45, 7) is -0.417. The summed E-state index contributed by atoms with van der Waals surface area (Å²) in [7, 11) is 1.54. The summed E-state index contributed by atoms with van der Waals surface area (Å²) in [6.07, 6.45) is 0.657. The number of nitrogen functional groups attached to an aromatic ring is 1. The first-order chi connectivity index (χ1) is 8.58. The Hall–Kier alpha value is -2.11. The summed E-state index contributed by atoms with van der Waals surface area (Å²) in [4.78, 5) is 0. The van der Waals surface area contributed by atoms with Crippen LogP contribution in [0.3, 0.4) is 0 Å². The minimum atomic E-state index is -2.42. The lowest BCUT2D eigenvalue weighted by Gasteiger charge is -2.04. The Morgan fingerprint density at radius 1 is 1.33 bits per heavy atom. The topological polar surface area (TPSA) is 53.1 Å². The highest BCUT2D eigenvalue weighted by Gasteiger charge is 2.08. The number of nitrogens with zero attached hydrogens (tertiary/aromatic N) is 2. The number of ether oxygens (including phenoxy) is 1. The lowest BCUT2D eigenvalue weighted by Crippen LogP contribution is -2.06. The maximum atomic E-state index is 12.2. The van der Waals surface area contributed by atoms with Crippen molar-refractivity contribution in [1.29, 1.82) is 0 Å². The molecule has 0 aliphatic carbocycles. The normalized spacial score (nSPS) is 10.9. The molecule has 0 bridgehead atoms. The SMILES string of the molecule is COc1cc(N)cc(-c2cnn(CC(F)F)c2)c1. The standard InChI is InChI=1S/C12H13F2N3O/c1-18-11-3-8(2-10(15)4-11)9-5-16-17(6-9)7-12(13)14/h2-6,12H,7,15H2,1H3. The molecule has 96 valence electrons. The van der Waals surface area contributed by atoms with Gasteiger partial charge in [0.2, 0.25) is 0 Å². The quantitative estimate of drug-likeness (QED) is 0.851. The molecule has 0 atom stereocenters. The Morgan fingerprint density at radius 2 is 2.11 bits per heavy atom. The highest BCUT2D eigenvalue weighted by Crippen LogP contribution is 2.26. The van der Waals surface area contributed by atoms with Crippen molar-refractivity contribution in [3.05, 3.63) is 30.6 Å². The lowest BCUT2D eigenvalue weighted by atomic mass is 10.1. The molecule has 0 saturated carbocycles. The van der Waals surface area contributed by atoms with Gasteiger partial charge in [0, 0.05) is 23.5 Å². The molecule has 0 fully saturated rings. The molecule has 0 amide bonds. The monoisotopic (exact) mass is 253 g/mol. The van der Waals surface area contributed by atoms with E-state index in [1.807, 2.05) is 0 Å². The van der Waals surface area contributed by atoms with Gasteiger partial charge in [-0.25, -0.2) is 8.78 Å². The number of rotatable bonds is 4. The Morgan fingerprint density at radius 3 is 2.78 bits per heavy atom. The second kappa shape index (κ2) is 5.03. The van der Waals surface area contributed by atoms with E-state index in [0.717, 1.165) is 11.1 Å². The minimum Gasteiger partial charge on any atom is -0.497 e. The van der Waals surface area contributed by atoms with E-state index in [1.165, 1.54) is 10.9 Å². The smallest absolute Gasteiger partial charge is 0.257 e. The second-order valence-corrected chi connectivity index (χ2v) is 3.84. The third kappa shape index (κ3) is 2.77. The molecule has 18 heavy (non-hydrogen) atoms. The molecule has 2 rings (SSSR count). The van der Waals surface area contributed by atoms with E-state index in [4.69, 9.17) is 10.5 Å². The van der Waals surface area contributed by atoms with Gasteiger partial charge in [0.15, 0.2) is 0 Å². The molecule has 0 unspecified atom stereocenters. The van der Waals surface area contributed by atoms with Gasteiger partial charge in [-0.15, -0.1) is 0 Å². The molecule has 2 N–H and O–H groups in total. The van der Waals surface area contributed by atoms with Crippen LogP contribution in [0, 0.1) is 0 Å². The first kappa shape index (κ1) is 12.3. The van der Waals surface area contributed by atoms with Crippen LogP contribution in [0.15, 0.2) is 30.6 Å². The molecule has 0 aliphatic heterocycles. The van der Waals surface area contributed by atoms with E-state index in [-0.39, 0.29) is 0 Å². The number of anilines is 1. The summed E-state index contributed by atoms with van der Waals surface area (Å²) < 4.78 is 30.7. The van der Waals surface area contributed by atoms with E-state index in [2.05, 4.69) is 5.10 Å². The van der Waals surface area contributed by atoms with E-state index >= 15 is 0 Å². The molecule has 0 radical (unpaired) electrons. The third-order valence-corrected chi connectivity index (χ3v) is 2.46. The molecule has 2 aromatic rings. The van der Waals surface area contributed by atoms with Crippen molar-refractivity contribution in [2.75, 3.05) is 12.8 Å². The summed E-state index contributed by atoms with van der Waals surface area (Å²) in [5.74, 6) is 0.617. The van der Waals surface area contributed by atoms with Crippen molar-refractivity contribution in [1.82, 2.24) is 9.78 Å². The van der Waals surface area contributed by atoms with Crippen LogP contribution in [0.1, 0.15) is 0 Å². The Kier molecular flexibility index (Phi) is 3.45. The molecule has 0 aliphatic rings. The summed E-state index contributed by atoms with van der Waals surface area (Å²) in [5, 5.41) is 3.87. The number of hydrogen-bond acceptors (Lipinski definition) is 3. The number of benzene rings is 1. The van der Waals surface area contributed by atoms with Crippen LogP contribution in [-0.2, 0) is 6.54 Å². The van der Waals surface area contributed by atoms with Gasteiger partial charge in [-0.2, -0.15) is 5.10 Å². The predicted octanol–water partition coefficient (Wildman–Crippen LogP) is 2.41. The average molecular weight is 253 g/mol. The van der Waals surface area contributed by atoms with Crippen molar-refractivity contribution in [2.45, 2.75) is 13.0 Å². The van der Waals surface area contributed by atoms with Crippen molar-refractivity contribution in [2.24, 2.45) is 0 Å². The first-order valence-electron chi connectivity index (χ1n) is 5.34. The van der Waals surface area contributed by atoms with E-state index < -0.39 is 13.0 Å². The molecule has 1 aromatic heterocycles. The molecule has 1 heterocycles. The van der Waals surface area contributed by atoms with Gasteiger partial charge in [0.25, 0.3) is 6.43 Å². The molecule has 1 aromatic carbocycles. The van der Waals surface area contributed by atoms with Gasteiger partial charge in [-0.3, -0.25) is 4.68 Å². The average Bonchev–Trinajstić information content (AvgIpc) is 2.75. The fraction of sp³-hybridized carbons (Fsp3) is 0.250. The summed E-state index contributed by atoms with van der Waals surface area (Å²) in [6, 6.07) is 5.21. The van der Waals surface area contributed by atoms with E-state index in [0.29, 0.717) is 11.4 Å². The van der Waals surface area contributed by atoms with Crippen LogP contribution in [0.5, 0.6) is 5.75 Å². The van der Waals surface area contributed by atoms with Crippen molar-refractivity contribution in [3.8, 4) is 16.9 Å². The van der Waals surface area contributed by atoms with Crippen molar-refractivity contribution < 1.29 is 13.5 Å². The van der Waals surface area contributed by atoms with E-state index in [9.17, 15) is 8.78 Å². The summed E-state index contributed by atoms with van der Waals surface area (Å²) >= 11 is 0. The molecule has 0 spiro atoms. The van der Waals surface area contributed by atoms with Crippen LogP contribution < -0.4 is 10.5 Å². The maximum Gasteiger partial charge on any atom is 0.257 e. The largest absolute Gasteiger partial charge is 0.497 e. The molecular weight excluding hydrogens is 240 g/mol. The zero-order valence-corrected chi connectivity index (χ0v) is 9.81. The third-order valence-electron chi connectivity index (χ3n) is 2.46. The van der Waals surface area contributed by atoms with Gasteiger partial charge in [0.1, 0.15) is 12.3 Å². The first-order valence-corrected chi connectivity index (χ1v) is 5.34. The number of alkyl halides is 2. The Labute approximate surface area is 103 Å². The van der Waals surface area contributed by atoms with Gasteiger partial charge < -0.3 is 10.5 Å². The van der Waals surface area contributed by atoms with Crippen molar-refractivity contribution in [3.63, 3.8) is 0 Å². The number of aromatic nitrogens is 2. The second-order valence-electron chi connectivity index (χ2n) is 3.84. The predicted molar refractivity (Wildman–Crippen MR) is 64.6 cm³/mol. The van der Waals surface area contributed by atoms with Crippen LogP contribution in [0.4, 0.5) is 14.5 Å². The highest BCUT2D eigenvalue weighted by molar-refractivity contribution is 5.68. The zero-order chi connectivity index (χ0) is 13.1. The van der Waals surface area contributed by atoms with Gasteiger partial charge >= 0.3 is 0 Å². The highest BCUT2D eigenvalue weighted by atomic mass is 19.3. The minimum absolute atomic E-state index is 0.417. The zero-order valence-electron chi connectivity index (χ0n) is 9.81. The van der Waals surface area contributed by atoms with Gasteiger partial charge in [0.05, 0.1) is 13.3 Å². The number of methoxy groups -OCH3 is 1. The number of hydrogen-bond donors (Lipinski definition) is 1. The fourth-order valence-corrected chi connectivity index (χ4v) is 1.66. The number of nitrogens with two attached hydrogens (primary N) is 1. The van der Waals surface area contributed by atoms with Crippen LogP contribution in [-0.4, -0.2) is 23.3 Å². The summed E-state index contributed by atoms with van der Waals surface area (Å²) in [5.41, 5.74) is 7.79. The van der Waals surface area contributed by atoms with Crippen molar-refractivity contribution >= 4 is 5.69 Å². The maximum absolute atomic E-state index is 12.2. The van der Waals surface area contributed by atoms with Gasteiger partial charge in [-0.1, -0.05) is 0 Å². The lowest BCUT2D eigenvalue weighted by molar-refractivity contribution is 0.122. The fourth-order valence-electron chi connectivity index (χ4n) is 1.66. The van der Waals surface area contributed by atoms with Crippen LogP contribution in [0.2, 0.25) is 0 Å². The van der Waals surface area contributed by atoms with Crippen LogP contribution >= 0.6 is 0 Å².